The highest BCUT2D eigenvalue weighted by molar-refractivity contribution is 5.80. The molecular formula is C24H34N6O4. The molecule has 10 nitrogen and oxygen atoms in total. The summed E-state index contributed by atoms with van der Waals surface area (Å²) in [6, 6.07) is 7.38. The number of nitrogens with one attached hydrogen (secondary N) is 2. The maximum absolute atomic E-state index is 12.3. The van der Waals surface area contributed by atoms with Gasteiger partial charge in [0, 0.05) is 37.6 Å². The van der Waals surface area contributed by atoms with Crippen molar-refractivity contribution in [3.63, 3.8) is 0 Å². The Hall–Kier alpha value is -3.11. The zero-order chi connectivity index (χ0) is 23.6. The van der Waals surface area contributed by atoms with Crippen molar-refractivity contribution in [3.05, 3.63) is 30.5 Å². The van der Waals surface area contributed by atoms with E-state index in [-0.39, 0.29) is 12.5 Å². The molecule has 2 aliphatic rings. The van der Waals surface area contributed by atoms with Crippen LogP contribution in [0.4, 0.5) is 17.5 Å². The van der Waals surface area contributed by atoms with Crippen LogP contribution in [0.3, 0.4) is 0 Å². The van der Waals surface area contributed by atoms with Crippen molar-refractivity contribution < 1.29 is 19.0 Å². The molecule has 0 aliphatic carbocycles. The van der Waals surface area contributed by atoms with Crippen LogP contribution in [-0.2, 0) is 9.53 Å². The Morgan fingerprint density at radius 2 is 1.94 bits per heavy atom. The van der Waals surface area contributed by atoms with Crippen LogP contribution in [0.5, 0.6) is 11.5 Å². The van der Waals surface area contributed by atoms with Crippen LogP contribution in [0.1, 0.15) is 19.3 Å². The van der Waals surface area contributed by atoms with Crippen molar-refractivity contribution in [1.29, 1.82) is 0 Å². The molecule has 4 rings (SSSR count). The number of anilines is 3. The molecule has 2 N–H and O–H groups in total. The summed E-state index contributed by atoms with van der Waals surface area (Å²) < 4.78 is 16.8. The number of benzene rings is 1. The molecule has 2 fully saturated rings. The van der Waals surface area contributed by atoms with Gasteiger partial charge in [-0.05, 0) is 50.6 Å². The van der Waals surface area contributed by atoms with E-state index in [4.69, 9.17) is 14.2 Å². The Morgan fingerprint density at radius 3 is 2.74 bits per heavy atom. The van der Waals surface area contributed by atoms with E-state index < -0.39 is 0 Å². The van der Waals surface area contributed by atoms with Crippen LogP contribution < -0.4 is 20.1 Å². The average molecular weight is 471 g/mol. The van der Waals surface area contributed by atoms with Gasteiger partial charge in [0.25, 0.3) is 0 Å². The smallest absolute Gasteiger partial charge is 0.242 e. The molecule has 1 aromatic carbocycles. The maximum atomic E-state index is 12.3. The maximum Gasteiger partial charge on any atom is 0.242 e. The summed E-state index contributed by atoms with van der Waals surface area (Å²) in [5.41, 5.74) is 0.789. The fraction of sp³-hybridized carbons (Fsp3) is 0.542. The summed E-state index contributed by atoms with van der Waals surface area (Å²) in [6.45, 7) is 6.66. The van der Waals surface area contributed by atoms with Gasteiger partial charge in [-0.2, -0.15) is 4.98 Å². The Bertz CT molecular complexity index is 931. The number of aromatic nitrogens is 2. The third kappa shape index (κ3) is 6.94. The van der Waals surface area contributed by atoms with E-state index in [9.17, 15) is 4.79 Å². The lowest BCUT2D eigenvalue weighted by molar-refractivity contribution is -0.133. The van der Waals surface area contributed by atoms with E-state index in [1.165, 1.54) is 25.9 Å². The number of hydrogen-bond acceptors (Lipinski definition) is 9. The van der Waals surface area contributed by atoms with Crippen LogP contribution in [-0.4, -0.2) is 91.9 Å². The van der Waals surface area contributed by atoms with Gasteiger partial charge >= 0.3 is 0 Å². The van der Waals surface area contributed by atoms with E-state index in [0.717, 1.165) is 18.7 Å². The Morgan fingerprint density at radius 1 is 1.12 bits per heavy atom. The van der Waals surface area contributed by atoms with Gasteiger partial charge in [0.2, 0.25) is 11.9 Å². The molecule has 34 heavy (non-hydrogen) atoms. The van der Waals surface area contributed by atoms with Crippen molar-refractivity contribution in [1.82, 2.24) is 19.8 Å². The first-order valence-corrected chi connectivity index (χ1v) is 11.9. The highest BCUT2D eigenvalue weighted by Crippen LogP contribution is 2.31. The summed E-state index contributed by atoms with van der Waals surface area (Å²) in [5.74, 6) is 2.39. The molecule has 1 amide bonds. The number of ether oxygens (including phenoxy) is 3. The van der Waals surface area contributed by atoms with Gasteiger partial charge in [-0.3, -0.25) is 4.79 Å². The predicted octanol–water partition coefficient (Wildman–Crippen LogP) is 2.36. The molecular weight excluding hydrogens is 436 g/mol. The second-order valence-electron chi connectivity index (χ2n) is 8.35. The highest BCUT2D eigenvalue weighted by atomic mass is 16.5. The number of likely N-dealkylation sites (tertiary alicyclic amines) is 1. The highest BCUT2D eigenvalue weighted by Gasteiger charge is 2.16. The number of rotatable bonds is 11. The van der Waals surface area contributed by atoms with Gasteiger partial charge in [0.1, 0.15) is 5.82 Å². The minimum absolute atomic E-state index is 0.0260. The monoisotopic (exact) mass is 470 g/mol. The van der Waals surface area contributed by atoms with Crippen molar-refractivity contribution >= 4 is 23.4 Å². The number of nitrogens with zero attached hydrogens (tertiary/aromatic N) is 4. The van der Waals surface area contributed by atoms with Crippen LogP contribution in [0.2, 0.25) is 0 Å². The molecule has 0 saturated carbocycles. The van der Waals surface area contributed by atoms with Crippen molar-refractivity contribution in [2.24, 2.45) is 0 Å². The standard InChI is InChI=1S/C24H34N6O4/c1-32-20-6-5-19(17-21(20)34-14-4-11-29-9-2-3-10-29)27-24-25-8-7-22(28-24)26-18-23(31)30-12-15-33-16-13-30/h5-8,17H,2-4,9-16,18H2,1H3,(H2,25,26,27,28). The molecule has 0 unspecified atom stereocenters. The number of carbonyl (C=O) groups is 1. The molecule has 2 saturated heterocycles. The lowest BCUT2D eigenvalue weighted by Crippen LogP contribution is -2.43. The first-order chi connectivity index (χ1) is 16.7. The molecule has 2 aromatic rings. The molecule has 0 spiro atoms. The van der Waals surface area contributed by atoms with E-state index in [0.29, 0.717) is 56.2 Å². The summed E-state index contributed by atoms with van der Waals surface area (Å²) >= 11 is 0. The molecule has 1 aromatic heterocycles. The minimum Gasteiger partial charge on any atom is -0.493 e. The molecule has 10 heteroatoms. The lowest BCUT2D eigenvalue weighted by Gasteiger charge is -2.26. The van der Waals surface area contributed by atoms with E-state index in [1.54, 1.807) is 24.3 Å². The van der Waals surface area contributed by atoms with Gasteiger partial charge in [-0.15, -0.1) is 0 Å². The third-order valence-corrected chi connectivity index (χ3v) is 5.93. The van der Waals surface area contributed by atoms with Gasteiger partial charge < -0.3 is 34.6 Å². The molecule has 0 bridgehead atoms. The minimum atomic E-state index is 0.0260. The van der Waals surface area contributed by atoms with Gasteiger partial charge in [-0.25, -0.2) is 4.98 Å². The van der Waals surface area contributed by atoms with Crippen molar-refractivity contribution in [2.75, 3.05) is 76.8 Å². The predicted molar refractivity (Wildman–Crippen MR) is 130 cm³/mol. The zero-order valence-corrected chi connectivity index (χ0v) is 19.8. The number of morpholine rings is 1. The topological polar surface area (TPSA) is 101 Å². The average Bonchev–Trinajstić information content (AvgIpc) is 3.40. The van der Waals surface area contributed by atoms with Crippen LogP contribution in [0.15, 0.2) is 30.5 Å². The number of methoxy groups -OCH3 is 1. The van der Waals surface area contributed by atoms with E-state index in [1.807, 2.05) is 18.2 Å². The van der Waals surface area contributed by atoms with Crippen LogP contribution >= 0.6 is 0 Å². The van der Waals surface area contributed by atoms with Crippen molar-refractivity contribution in [3.8, 4) is 11.5 Å². The number of carbonyl (C=O) groups excluding carboxylic acids is 1. The van der Waals surface area contributed by atoms with Gasteiger partial charge in [0.15, 0.2) is 11.5 Å². The molecule has 184 valence electrons. The third-order valence-electron chi connectivity index (χ3n) is 5.93. The first-order valence-electron chi connectivity index (χ1n) is 11.9. The summed E-state index contributed by atoms with van der Waals surface area (Å²) in [7, 11) is 1.63. The molecule has 2 aliphatic heterocycles. The largest absolute Gasteiger partial charge is 0.493 e. The second-order valence-corrected chi connectivity index (χ2v) is 8.35. The van der Waals surface area contributed by atoms with Crippen LogP contribution in [0, 0.1) is 0 Å². The molecule has 3 heterocycles. The van der Waals surface area contributed by atoms with Gasteiger partial charge in [-0.1, -0.05) is 0 Å². The Kier molecular flexibility index (Phi) is 8.75. The quantitative estimate of drug-likeness (QED) is 0.479. The van der Waals surface area contributed by atoms with E-state index in [2.05, 4.69) is 25.5 Å². The number of amides is 1. The second kappa shape index (κ2) is 12.4. The number of hydrogen-bond donors (Lipinski definition) is 2. The normalized spacial score (nSPS) is 16.3. The summed E-state index contributed by atoms with van der Waals surface area (Å²) in [4.78, 5) is 25.4. The Balaban J connectivity index is 1.30. The summed E-state index contributed by atoms with van der Waals surface area (Å²) in [6.07, 6.45) is 5.22. The SMILES string of the molecule is COc1ccc(Nc2nccc(NCC(=O)N3CCOCC3)n2)cc1OCCCN1CCCC1. The fourth-order valence-electron chi connectivity index (χ4n) is 4.08. The van der Waals surface area contributed by atoms with Gasteiger partial charge in [0.05, 0.1) is 33.5 Å². The fourth-order valence-corrected chi connectivity index (χ4v) is 4.08. The van der Waals surface area contributed by atoms with E-state index >= 15 is 0 Å². The zero-order valence-electron chi connectivity index (χ0n) is 19.8. The first kappa shape index (κ1) is 24.0. The van der Waals surface area contributed by atoms with Crippen molar-refractivity contribution in [2.45, 2.75) is 19.3 Å². The Labute approximate surface area is 200 Å². The molecule has 0 radical (unpaired) electrons. The van der Waals surface area contributed by atoms with Crippen LogP contribution in [0.25, 0.3) is 0 Å². The summed E-state index contributed by atoms with van der Waals surface area (Å²) in [5, 5.41) is 6.29. The molecule has 0 atom stereocenters. The lowest BCUT2D eigenvalue weighted by atomic mass is 10.2.